The topological polar surface area (TPSA) is 72.8 Å². The number of esters is 1. The number of aliphatic hydroxyl groups is 1. The van der Waals surface area contributed by atoms with E-state index >= 15 is 0 Å². The number of hydrogen-bond acceptors (Lipinski definition) is 5. The average Bonchev–Trinajstić information content (AvgIpc) is 3.36. The molecule has 2 aromatic carbocycles. The summed E-state index contributed by atoms with van der Waals surface area (Å²) in [6, 6.07) is 20.6. The molecule has 0 heterocycles. The van der Waals surface area contributed by atoms with Crippen LogP contribution < -0.4 is 10.4 Å². The van der Waals surface area contributed by atoms with Crippen LogP contribution in [-0.4, -0.2) is 44.0 Å². The van der Waals surface area contributed by atoms with Gasteiger partial charge in [-0.05, 0) is 58.3 Å². The summed E-state index contributed by atoms with van der Waals surface area (Å²) in [4.78, 5) is 27.8. The highest BCUT2D eigenvalue weighted by Crippen LogP contribution is 2.68. The van der Waals surface area contributed by atoms with Crippen molar-refractivity contribution in [1.29, 1.82) is 0 Å². The predicted octanol–water partition coefficient (Wildman–Crippen LogP) is 6.47. The second-order valence-corrected chi connectivity index (χ2v) is 19.8. The lowest BCUT2D eigenvalue weighted by Gasteiger charge is -2.61. The van der Waals surface area contributed by atoms with Crippen molar-refractivity contribution in [1.82, 2.24) is 0 Å². The van der Waals surface area contributed by atoms with E-state index in [1.165, 1.54) is 0 Å². The summed E-state index contributed by atoms with van der Waals surface area (Å²) in [5, 5.41) is 13.8. The summed E-state index contributed by atoms with van der Waals surface area (Å²) < 4.78 is 13.5. The standard InChI is InChI=1S/C38H52O5Si/c1-9-36(7)24-31(37(8)26(2)20-22-38(27(3)34(36)41)23-21-30(39)33(37)38)43-32(40)25-42-44(35(4,5)6,28-16-12-10-13-17-28)29-18-14-11-15-19-29/h9-19,26-27,31,33-34,41H,1,20-25H2,2-8H3/t26-,27+,31-,33?,34+,36-,37+,38+/m1/s1. The van der Waals surface area contributed by atoms with Gasteiger partial charge in [-0.1, -0.05) is 115 Å². The van der Waals surface area contributed by atoms with E-state index in [1.807, 2.05) is 49.4 Å². The quantitative estimate of drug-likeness (QED) is 0.219. The lowest BCUT2D eigenvalue weighted by Crippen LogP contribution is -2.67. The van der Waals surface area contributed by atoms with Crippen molar-refractivity contribution in [2.75, 3.05) is 6.61 Å². The Hall–Kier alpha value is -2.54. The maximum absolute atomic E-state index is 14.1. The van der Waals surface area contributed by atoms with Crippen LogP contribution >= 0.6 is 0 Å². The van der Waals surface area contributed by atoms with Gasteiger partial charge in [-0.15, -0.1) is 6.58 Å². The maximum atomic E-state index is 14.1. The highest BCUT2D eigenvalue weighted by atomic mass is 28.4. The van der Waals surface area contributed by atoms with Gasteiger partial charge in [0.25, 0.3) is 8.32 Å². The van der Waals surface area contributed by atoms with Gasteiger partial charge in [0.2, 0.25) is 0 Å². The molecule has 1 unspecified atom stereocenters. The predicted molar refractivity (Wildman–Crippen MR) is 178 cm³/mol. The minimum atomic E-state index is -2.95. The number of ether oxygens (including phenoxy) is 1. The molecule has 0 radical (unpaired) electrons. The normalized spacial score (nSPS) is 35.7. The second kappa shape index (κ2) is 11.7. The Morgan fingerprint density at radius 3 is 2.11 bits per heavy atom. The number of benzene rings is 2. The molecule has 0 aromatic heterocycles. The number of Topliss-reactive ketones (excluding diaryl/α,β-unsaturated/α-hetero) is 1. The van der Waals surface area contributed by atoms with E-state index in [9.17, 15) is 14.7 Å². The van der Waals surface area contributed by atoms with Crippen LogP contribution in [0.25, 0.3) is 0 Å². The Kier molecular flexibility index (Phi) is 8.71. The molecule has 5 nitrogen and oxygen atoms in total. The van der Waals surface area contributed by atoms with Gasteiger partial charge in [-0.2, -0.15) is 0 Å². The molecule has 0 aliphatic heterocycles. The molecule has 1 N–H and O–H groups in total. The summed E-state index contributed by atoms with van der Waals surface area (Å²) >= 11 is 0. The van der Waals surface area contributed by atoms with E-state index in [2.05, 4.69) is 72.4 Å². The Bertz CT molecular complexity index is 1330. The van der Waals surface area contributed by atoms with Gasteiger partial charge < -0.3 is 14.3 Å². The van der Waals surface area contributed by atoms with Crippen molar-refractivity contribution < 1.29 is 23.9 Å². The molecule has 6 heteroatoms. The number of carbonyl (C=O) groups is 2. The highest BCUT2D eigenvalue weighted by molar-refractivity contribution is 6.99. The van der Waals surface area contributed by atoms with Crippen molar-refractivity contribution in [3.63, 3.8) is 0 Å². The van der Waals surface area contributed by atoms with Crippen LogP contribution in [0.4, 0.5) is 0 Å². The van der Waals surface area contributed by atoms with Crippen LogP contribution in [0, 0.1) is 34.0 Å². The minimum absolute atomic E-state index is 0.0658. The number of carbonyl (C=O) groups excluding carboxylic acids is 2. The molecule has 0 spiro atoms. The fourth-order valence-electron chi connectivity index (χ4n) is 9.62. The van der Waals surface area contributed by atoms with Crippen molar-refractivity contribution in [3.8, 4) is 0 Å². The molecule has 3 aliphatic rings. The first-order chi connectivity index (χ1) is 20.7. The van der Waals surface area contributed by atoms with Crippen LogP contribution in [-0.2, 0) is 18.8 Å². The second-order valence-electron chi connectivity index (χ2n) is 15.5. The van der Waals surface area contributed by atoms with Crippen LogP contribution in [0.5, 0.6) is 0 Å². The lowest BCUT2D eigenvalue weighted by molar-refractivity contribution is -0.207. The van der Waals surface area contributed by atoms with Gasteiger partial charge in [0.15, 0.2) is 0 Å². The molecular weight excluding hydrogens is 564 g/mol. The van der Waals surface area contributed by atoms with E-state index in [1.54, 1.807) is 0 Å². The molecule has 0 saturated heterocycles. The van der Waals surface area contributed by atoms with Gasteiger partial charge >= 0.3 is 5.97 Å². The van der Waals surface area contributed by atoms with Gasteiger partial charge in [-0.25, -0.2) is 4.79 Å². The summed E-state index contributed by atoms with van der Waals surface area (Å²) in [6.45, 7) is 19.0. The summed E-state index contributed by atoms with van der Waals surface area (Å²) in [7, 11) is -2.95. The van der Waals surface area contributed by atoms with E-state index in [0.717, 1.165) is 29.6 Å². The summed E-state index contributed by atoms with van der Waals surface area (Å²) in [6.07, 6.45) is 4.14. The molecule has 2 aromatic rings. The third kappa shape index (κ3) is 4.96. The van der Waals surface area contributed by atoms with Crippen molar-refractivity contribution >= 4 is 30.4 Å². The first-order valence-electron chi connectivity index (χ1n) is 16.5. The van der Waals surface area contributed by atoms with Crippen molar-refractivity contribution in [2.45, 2.75) is 97.8 Å². The molecule has 2 bridgehead atoms. The third-order valence-electron chi connectivity index (χ3n) is 12.4. The first kappa shape index (κ1) is 32.8. The molecule has 3 aliphatic carbocycles. The molecule has 5 rings (SSSR count). The third-order valence-corrected chi connectivity index (χ3v) is 17.4. The van der Waals surface area contributed by atoms with Crippen LogP contribution in [0.2, 0.25) is 5.04 Å². The van der Waals surface area contributed by atoms with E-state index in [4.69, 9.17) is 9.16 Å². The monoisotopic (exact) mass is 616 g/mol. The summed E-state index contributed by atoms with van der Waals surface area (Å²) in [5.74, 6) is -0.316. The molecule has 238 valence electrons. The van der Waals surface area contributed by atoms with E-state index < -0.39 is 37.3 Å². The molecule has 8 atom stereocenters. The zero-order chi connectivity index (χ0) is 32.1. The van der Waals surface area contributed by atoms with Crippen LogP contribution in [0.1, 0.15) is 80.6 Å². The lowest BCUT2D eigenvalue weighted by atomic mass is 9.44. The maximum Gasteiger partial charge on any atom is 0.331 e. The van der Waals surface area contributed by atoms with Crippen molar-refractivity contribution in [3.05, 3.63) is 73.3 Å². The zero-order valence-electron chi connectivity index (χ0n) is 27.8. The first-order valence-corrected chi connectivity index (χ1v) is 18.4. The van der Waals surface area contributed by atoms with Gasteiger partial charge in [0.1, 0.15) is 18.5 Å². The van der Waals surface area contributed by atoms with Crippen LogP contribution in [0.15, 0.2) is 73.3 Å². The molecule has 3 saturated carbocycles. The smallest absolute Gasteiger partial charge is 0.331 e. The molecule has 44 heavy (non-hydrogen) atoms. The largest absolute Gasteiger partial charge is 0.460 e. The highest BCUT2D eigenvalue weighted by Gasteiger charge is 2.68. The summed E-state index contributed by atoms with van der Waals surface area (Å²) in [5.41, 5.74) is -1.54. The van der Waals surface area contributed by atoms with Gasteiger partial charge in [-0.3, -0.25) is 4.79 Å². The van der Waals surface area contributed by atoms with Crippen molar-refractivity contribution in [2.24, 2.45) is 34.0 Å². The van der Waals surface area contributed by atoms with E-state index in [-0.39, 0.29) is 40.6 Å². The molecule has 3 fully saturated rings. The SMILES string of the molecule is C=C[C@]1(C)C[C@@H](OC(=O)CO[Si](c2ccccc2)(c2ccccc2)C(C)(C)C)[C@@]2(C)C3C(=O)CC[C@@]3(CC[C@H]2C)[C@@H](C)[C@@H]1O. The fourth-order valence-corrected chi connectivity index (χ4v) is 14.1. The Morgan fingerprint density at radius 2 is 1.59 bits per heavy atom. The number of aliphatic hydroxyl groups excluding tert-OH is 1. The van der Waals surface area contributed by atoms with E-state index in [0.29, 0.717) is 12.8 Å². The minimum Gasteiger partial charge on any atom is -0.460 e. The number of hydrogen-bond donors (Lipinski definition) is 1. The Morgan fingerprint density at radius 1 is 1.02 bits per heavy atom. The average molecular weight is 617 g/mol. The van der Waals surface area contributed by atoms with Crippen LogP contribution in [0.3, 0.4) is 0 Å². The Balaban J connectivity index is 1.53. The Labute approximate surface area is 265 Å². The zero-order valence-corrected chi connectivity index (χ0v) is 28.8. The molecular formula is C38H52O5Si. The number of ketones is 1. The number of rotatable bonds is 7. The van der Waals surface area contributed by atoms with Gasteiger partial charge in [0, 0.05) is 23.2 Å². The van der Waals surface area contributed by atoms with Gasteiger partial charge in [0.05, 0.1) is 6.10 Å². The fraction of sp³-hybridized carbons (Fsp3) is 0.579. The molecule has 0 amide bonds.